The lowest BCUT2D eigenvalue weighted by Gasteiger charge is -2.33. The second kappa shape index (κ2) is 3.15. The van der Waals surface area contributed by atoms with Crippen molar-refractivity contribution in [1.29, 1.82) is 0 Å². The van der Waals surface area contributed by atoms with Crippen molar-refractivity contribution in [3.8, 4) is 0 Å². The minimum absolute atomic E-state index is 0.00579. The molecule has 0 aromatic carbocycles. The molecule has 0 saturated heterocycles. The van der Waals surface area contributed by atoms with Crippen LogP contribution in [-0.4, -0.2) is 41.2 Å². The van der Waals surface area contributed by atoms with E-state index in [1.165, 1.54) is 0 Å². The molecule has 3 heteroatoms. The van der Waals surface area contributed by atoms with E-state index in [0.29, 0.717) is 4.48 Å². The molecule has 2 N–H and O–H groups in total. The Morgan fingerprint density at radius 2 is 1.56 bits per heavy atom. The molecule has 0 heterocycles. The van der Waals surface area contributed by atoms with Crippen LogP contribution < -0.4 is 0 Å². The van der Waals surface area contributed by atoms with Crippen LogP contribution in [0.5, 0.6) is 0 Å². The molecule has 3 nitrogen and oxygen atoms in total. The fourth-order valence-electron chi connectivity index (χ4n) is 0.371. The van der Waals surface area contributed by atoms with Gasteiger partial charge in [-0.25, -0.2) is 0 Å². The van der Waals surface area contributed by atoms with Gasteiger partial charge in [-0.15, -0.1) is 0 Å². The van der Waals surface area contributed by atoms with E-state index in [4.69, 9.17) is 10.2 Å². The molecule has 0 spiro atoms. The summed E-state index contributed by atoms with van der Waals surface area (Å²) in [5, 5.41) is 17.5. The summed E-state index contributed by atoms with van der Waals surface area (Å²) in [6.45, 7) is 3.92. The largest absolute Gasteiger partial charge is 0.347 e. The highest BCUT2D eigenvalue weighted by atomic mass is 16.3. The molecule has 0 aliphatic rings. The second-order valence-corrected chi connectivity index (χ2v) is 2.86. The Labute approximate surface area is 56.1 Å². The Bertz CT molecular complexity index is 79.1. The lowest BCUT2D eigenvalue weighted by molar-refractivity contribution is -0.962. The number of quaternary nitrogens is 1. The minimum atomic E-state index is -0.00579. The van der Waals surface area contributed by atoms with Gasteiger partial charge in [0.05, 0.1) is 13.1 Å². The summed E-state index contributed by atoms with van der Waals surface area (Å²) >= 11 is 0. The van der Waals surface area contributed by atoms with Crippen LogP contribution in [-0.2, 0) is 0 Å². The van der Waals surface area contributed by atoms with Gasteiger partial charge in [0.1, 0.15) is 0 Å². The van der Waals surface area contributed by atoms with Crippen molar-refractivity contribution in [3.05, 3.63) is 0 Å². The van der Waals surface area contributed by atoms with E-state index in [1.54, 1.807) is 0 Å². The standard InChI is InChI=1S/C6H16NO2/c1-6(2)7(3,4-8)5-9/h6,8-9H,4-5H2,1-3H3/q+1. The zero-order valence-electron chi connectivity index (χ0n) is 6.33. The third-order valence-corrected chi connectivity index (χ3v) is 1.89. The number of nitrogens with zero attached hydrogens (tertiary/aromatic N) is 1. The SMILES string of the molecule is CC(C)[N+](C)(CO)CO. The zero-order chi connectivity index (χ0) is 7.49. The molecule has 56 valence electrons. The molecule has 0 aromatic rings. The normalized spacial score (nSPS) is 12.7. The summed E-state index contributed by atoms with van der Waals surface area (Å²) in [6.07, 6.45) is 0. The van der Waals surface area contributed by atoms with Gasteiger partial charge in [0.2, 0.25) is 0 Å². The van der Waals surface area contributed by atoms with Crippen molar-refractivity contribution in [2.45, 2.75) is 19.9 Å². The molecular weight excluding hydrogens is 118 g/mol. The molecule has 0 saturated carbocycles. The molecule has 9 heavy (non-hydrogen) atoms. The number of aliphatic hydroxyl groups is 2. The van der Waals surface area contributed by atoms with Crippen LogP contribution in [0, 0.1) is 0 Å². The lowest BCUT2D eigenvalue weighted by atomic mass is 10.3. The summed E-state index contributed by atoms with van der Waals surface area (Å²) in [7, 11) is 1.81. The second-order valence-electron chi connectivity index (χ2n) is 2.86. The monoisotopic (exact) mass is 134 g/mol. The van der Waals surface area contributed by atoms with Gasteiger partial charge < -0.3 is 10.2 Å². The average molecular weight is 134 g/mol. The van der Waals surface area contributed by atoms with Crippen LogP contribution in [0.2, 0.25) is 0 Å². The predicted octanol–water partition coefficient (Wildman–Crippen LogP) is -0.259. The van der Waals surface area contributed by atoms with E-state index >= 15 is 0 Å². The summed E-state index contributed by atoms with van der Waals surface area (Å²) in [5.41, 5.74) is 0. The molecule has 0 bridgehead atoms. The van der Waals surface area contributed by atoms with Crippen molar-refractivity contribution in [2.24, 2.45) is 0 Å². The molecular formula is C6H16NO2+. The van der Waals surface area contributed by atoms with Crippen molar-refractivity contribution in [1.82, 2.24) is 0 Å². The van der Waals surface area contributed by atoms with E-state index in [-0.39, 0.29) is 19.5 Å². The molecule has 0 aromatic heterocycles. The van der Waals surface area contributed by atoms with Crippen molar-refractivity contribution >= 4 is 0 Å². The highest BCUT2D eigenvalue weighted by molar-refractivity contribution is 4.34. The Balaban J connectivity index is 3.92. The van der Waals surface area contributed by atoms with Gasteiger partial charge in [-0.05, 0) is 13.8 Å². The van der Waals surface area contributed by atoms with E-state index in [9.17, 15) is 0 Å². The number of hydrogen-bond acceptors (Lipinski definition) is 2. The topological polar surface area (TPSA) is 40.5 Å². The van der Waals surface area contributed by atoms with Gasteiger partial charge in [-0.2, -0.15) is 0 Å². The average Bonchev–Trinajstić information content (AvgIpc) is 1.86. The number of rotatable bonds is 3. The van der Waals surface area contributed by atoms with Crippen LogP contribution in [0.25, 0.3) is 0 Å². The molecule has 0 fully saturated rings. The fourth-order valence-corrected chi connectivity index (χ4v) is 0.371. The highest BCUT2D eigenvalue weighted by Gasteiger charge is 2.22. The first-order valence-electron chi connectivity index (χ1n) is 3.13. The van der Waals surface area contributed by atoms with Crippen molar-refractivity contribution < 1.29 is 14.7 Å². The summed E-state index contributed by atoms with van der Waals surface area (Å²) < 4.78 is 0.306. The van der Waals surface area contributed by atoms with E-state index in [2.05, 4.69) is 0 Å². The Morgan fingerprint density at radius 1 is 1.22 bits per heavy atom. The maximum Gasteiger partial charge on any atom is 0.182 e. The Morgan fingerprint density at radius 3 is 1.56 bits per heavy atom. The van der Waals surface area contributed by atoms with Gasteiger partial charge in [0, 0.05) is 0 Å². The first kappa shape index (κ1) is 8.88. The number of aliphatic hydroxyl groups excluding tert-OH is 2. The van der Waals surface area contributed by atoms with Crippen LogP contribution in [0.1, 0.15) is 13.8 Å². The molecule has 0 aliphatic carbocycles. The van der Waals surface area contributed by atoms with Crippen LogP contribution in [0.15, 0.2) is 0 Å². The van der Waals surface area contributed by atoms with E-state index in [0.717, 1.165) is 0 Å². The molecule has 0 unspecified atom stereocenters. The first-order valence-corrected chi connectivity index (χ1v) is 3.13. The number of hydrogen-bond donors (Lipinski definition) is 2. The molecule has 0 amide bonds. The maximum atomic E-state index is 8.77. The predicted molar refractivity (Wildman–Crippen MR) is 35.5 cm³/mol. The van der Waals surface area contributed by atoms with Crippen molar-refractivity contribution in [2.75, 3.05) is 20.5 Å². The third kappa shape index (κ3) is 1.93. The summed E-state index contributed by atoms with van der Waals surface area (Å²) in [4.78, 5) is 0. The van der Waals surface area contributed by atoms with Gasteiger partial charge in [-0.3, -0.25) is 4.48 Å². The van der Waals surface area contributed by atoms with Crippen molar-refractivity contribution in [3.63, 3.8) is 0 Å². The van der Waals surface area contributed by atoms with Gasteiger partial charge in [0.25, 0.3) is 0 Å². The first-order chi connectivity index (χ1) is 4.06. The lowest BCUT2D eigenvalue weighted by Crippen LogP contribution is -2.50. The summed E-state index contributed by atoms with van der Waals surface area (Å²) in [6, 6.07) is 0.264. The smallest absolute Gasteiger partial charge is 0.182 e. The molecule has 0 radical (unpaired) electrons. The van der Waals surface area contributed by atoms with Crippen LogP contribution >= 0.6 is 0 Å². The quantitative estimate of drug-likeness (QED) is 0.412. The highest BCUT2D eigenvalue weighted by Crippen LogP contribution is 2.05. The Kier molecular flexibility index (Phi) is 3.11. The van der Waals surface area contributed by atoms with E-state index in [1.807, 2.05) is 20.9 Å². The zero-order valence-corrected chi connectivity index (χ0v) is 6.33. The van der Waals surface area contributed by atoms with Crippen LogP contribution in [0.3, 0.4) is 0 Å². The van der Waals surface area contributed by atoms with Gasteiger partial charge >= 0.3 is 0 Å². The van der Waals surface area contributed by atoms with Crippen LogP contribution in [0.4, 0.5) is 0 Å². The fraction of sp³-hybridized carbons (Fsp3) is 1.00. The minimum Gasteiger partial charge on any atom is -0.347 e. The maximum absolute atomic E-state index is 8.77. The van der Waals surface area contributed by atoms with E-state index < -0.39 is 0 Å². The molecule has 0 rings (SSSR count). The third-order valence-electron chi connectivity index (χ3n) is 1.89. The summed E-state index contributed by atoms with van der Waals surface area (Å²) in [5.74, 6) is 0. The van der Waals surface area contributed by atoms with Gasteiger partial charge in [-0.1, -0.05) is 0 Å². The van der Waals surface area contributed by atoms with Gasteiger partial charge in [0.15, 0.2) is 13.5 Å². The Hall–Kier alpha value is -0.120. The molecule has 0 aliphatic heterocycles. The molecule has 0 atom stereocenters.